The van der Waals surface area contributed by atoms with E-state index in [2.05, 4.69) is 27.4 Å². The lowest BCUT2D eigenvalue weighted by molar-refractivity contribution is -0.132. The molecular weight excluding hydrogens is 302 g/mol. The summed E-state index contributed by atoms with van der Waals surface area (Å²) in [5.74, 6) is 0.774. The van der Waals surface area contributed by atoms with E-state index >= 15 is 0 Å². The molecule has 0 saturated carbocycles. The number of hydrogen-bond donors (Lipinski definition) is 3. The first-order valence-corrected chi connectivity index (χ1v) is 8.56. The Kier molecular flexibility index (Phi) is 3.67. The van der Waals surface area contributed by atoms with Crippen LogP contribution in [0.2, 0.25) is 0 Å². The number of hydrogen-bond acceptors (Lipinski definition) is 4. The second-order valence-corrected chi connectivity index (χ2v) is 6.85. The first-order chi connectivity index (χ1) is 11.7. The van der Waals surface area contributed by atoms with E-state index in [0.717, 1.165) is 44.4 Å². The lowest BCUT2D eigenvalue weighted by Crippen LogP contribution is -2.55. The number of benzene rings is 1. The number of amides is 1. The molecule has 126 valence electrons. The molecule has 1 aromatic carbocycles. The van der Waals surface area contributed by atoms with Crippen molar-refractivity contribution in [3.05, 3.63) is 36.0 Å². The summed E-state index contributed by atoms with van der Waals surface area (Å²) in [7, 11) is 0. The number of aromatic nitrogens is 1. The van der Waals surface area contributed by atoms with Gasteiger partial charge in [0.1, 0.15) is 0 Å². The summed E-state index contributed by atoms with van der Waals surface area (Å²) in [5.41, 5.74) is 8.06. The molecule has 1 amide bonds. The Labute approximate surface area is 141 Å². The van der Waals surface area contributed by atoms with Crippen molar-refractivity contribution in [1.29, 1.82) is 0 Å². The van der Waals surface area contributed by atoms with Gasteiger partial charge in [-0.25, -0.2) is 0 Å². The SMILES string of the molecule is NC1=NCC2(CCN(C(=O)CCc3c[nH]c4ccccc34)CC2)N1. The number of aryl methyl sites for hydroxylation is 1. The molecule has 6 heteroatoms. The van der Waals surface area contributed by atoms with Gasteiger partial charge in [0.2, 0.25) is 5.91 Å². The molecule has 2 aliphatic rings. The van der Waals surface area contributed by atoms with Gasteiger partial charge in [0.05, 0.1) is 12.1 Å². The molecule has 0 aliphatic carbocycles. The number of carbonyl (C=O) groups excluding carboxylic acids is 1. The van der Waals surface area contributed by atoms with E-state index in [0.29, 0.717) is 12.4 Å². The quantitative estimate of drug-likeness (QED) is 0.797. The summed E-state index contributed by atoms with van der Waals surface area (Å²) in [4.78, 5) is 22.1. The minimum atomic E-state index is -0.0162. The third kappa shape index (κ3) is 2.72. The number of guanidine groups is 1. The van der Waals surface area contributed by atoms with Crippen molar-refractivity contribution < 1.29 is 4.79 Å². The standard InChI is InChI=1S/C18H23N5O/c19-17-21-12-18(22-17)7-9-23(10-8-18)16(24)6-5-13-11-20-15-4-2-1-3-14(13)15/h1-4,11,20H,5-10,12H2,(H3,19,21,22). The van der Waals surface area contributed by atoms with Crippen LogP contribution < -0.4 is 11.1 Å². The molecule has 1 fully saturated rings. The monoisotopic (exact) mass is 325 g/mol. The summed E-state index contributed by atoms with van der Waals surface area (Å²) < 4.78 is 0. The van der Waals surface area contributed by atoms with Crippen LogP contribution in [0.3, 0.4) is 0 Å². The fraction of sp³-hybridized carbons (Fsp3) is 0.444. The molecule has 1 spiro atoms. The van der Waals surface area contributed by atoms with Crippen molar-refractivity contribution in [1.82, 2.24) is 15.2 Å². The molecule has 2 aliphatic heterocycles. The minimum Gasteiger partial charge on any atom is -0.370 e. The third-order valence-corrected chi connectivity index (χ3v) is 5.30. The number of para-hydroxylation sites is 1. The van der Waals surface area contributed by atoms with Gasteiger partial charge >= 0.3 is 0 Å². The Bertz CT molecular complexity index is 786. The lowest BCUT2D eigenvalue weighted by Gasteiger charge is -2.39. The Morgan fingerprint density at radius 3 is 2.83 bits per heavy atom. The topological polar surface area (TPSA) is 86.5 Å². The van der Waals surface area contributed by atoms with Gasteiger partial charge in [0.25, 0.3) is 0 Å². The van der Waals surface area contributed by atoms with Crippen molar-refractivity contribution in [3.8, 4) is 0 Å². The molecule has 4 rings (SSSR count). The van der Waals surface area contributed by atoms with Crippen molar-refractivity contribution in [2.24, 2.45) is 10.7 Å². The van der Waals surface area contributed by atoms with Crippen LogP contribution in [0.25, 0.3) is 10.9 Å². The number of aromatic amines is 1. The largest absolute Gasteiger partial charge is 0.370 e. The predicted molar refractivity (Wildman–Crippen MR) is 94.8 cm³/mol. The highest BCUT2D eigenvalue weighted by molar-refractivity contribution is 5.84. The van der Waals surface area contributed by atoms with E-state index in [1.165, 1.54) is 10.9 Å². The van der Waals surface area contributed by atoms with Crippen LogP contribution in [0.15, 0.2) is 35.5 Å². The molecule has 0 bridgehead atoms. The molecule has 1 saturated heterocycles. The van der Waals surface area contributed by atoms with Gasteiger partial charge in [-0.3, -0.25) is 9.79 Å². The van der Waals surface area contributed by atoms with Gasteiger partial charge in [0.15, 0.2) is 5.96 Å². The molecular formula is C18H23N5O. The predicted octanol–water partition coefficient (Wildman–Crippen LogP) is 1.38. The first kappa shape index (κ1) is 15.1. The van der Waals surface area contributed by atoms with Crippen LogP contribution in [0, 0.1) is 0 Å². The number of nitrogens with two attached hydrogens (primary N) is 1. The third-order valence-electron chi connectivity index (χ3n) is 5.30. The summed E-state index contributed by atoms with van der Waals surface area (Å²) in [6.45, 7) is 2.29. The average molecular weight is 325 g/mol. The van der Waals surface area contributed by atoms with Gasteiger partial charge in [0, 0.05) is 36.6 Å². The van der Waals surface area contributed by atoms with Crippen LogP contribution in [-0.4, -0.2) is 46.9 Å². The summed E-state index contributed by atoms with van der Waals surface area (Å²) in [6.07, 6.45) is 5.18. The number of nitrogens with one attached hydrogen (secondary N) is 2. The second-order valence-electron chi connectivity index (χ2n) is 6.85. The number of aliphatic imine (C=N–C) groups is 1. The van der Waals surface area contributed by atoms with E-state index in [9.17, 15) is 4.79 Å². The van der Waals surface area contributed by atoms with Crippen LogP contribution in [0.5, 0.6) is 0 Å². The molecule has 1 aromatic heterocycles. The maximum Gasteiger partial charge on any atom is 0.222 e. The van der Waals surface area contributed by atoms with E-state index in [-0.39, 0.29) is 11.4 Å². The van der Waals surface area contributed by atoms with E-state index in [4.69, 9.17) is 5.73 Å². The summed E-state index contributed by atoms with van der Waals surface area (Å²) in [5, 5.41) is 4.50. The number of fused-ring (bicyclic) bond motifs is 1. The zero-order valence-electron chi connectivity index (χ0n) is 13.7. The number of likely N-dealkylation sites (tertiary alicyclic amines) is 1. The van der Waals surface area contributed by atoms with Gasteiger partial charge < -0.3 is 20.9 Å². The van der Waals surface area contributed by atoms with Crippen molar-refractivity contribution in [3.63, 3.8) is 0 Å². The number of carbonyl (C=O) groups is 1. The Morgan fingerprint density at radius 1 is 1.29 bits per heavy atom. The van der Waals surface area contributed by atoms with Crippen molar-refractivity contribution in [2.75, 3.05) is 19.6 Å². The van der Waals surface area contributed by atoms with E-state index < -0.39 is 0 Å². The highest BCUT2D eigenvalue weighted by Gasteiger charge is 2.38. The molecule has 0 radical (unpaired) electrons. The number of piperidine rings is 1. The summed E-state index contributed by atoms with van der Waals surface area (Å²) >= 11 is 0. The average Bonchev–Trinajstić information content (AvgIpc) is 3.17. The van der Waals surface area contributed by atoms with Gasteiger partial charge in [-0.05, 0) is 30.9 Å². The van der Waals surface area contributed by atoms with Crippen molar-refractivity contribution in [2.45, 2.75) is 31.2 Å². The zero-order chi connectivity index (χ0) is 16.6. The Hall–Kier alpha value is -2.50. The van der Waals surface area contributed by atoms with E-state index in [1.54, 1.807) is 0 Å². The molecule has 2 aromatic rings. The lowest BCUT2D eigenvalue weighted by atomic mass is 9.88. The molecule has 0 atom stereocenters. The highest BCUT2D eigenvalue weighted by atomic mass is 16.2. The fourth-order valence-corrected chi connectivity index (χ4v) is 3.79. The first-order valence-electron chi connectivity index (χ1n) is 8.56. The molecule has 0 unspecified atom stereocenters. The van der Waals surface area contributed by atoms with Crippen LogP contribution in [0.1, 0.15) is 24.8 Å². The van der Waals surface area contributed by atoms with Crippen LogP contribution in [0.4, 0.5) is 0 Å². The number of H-pyrrole nitrogens is 1. The number of rotatable bonds is 3. The van der Waals surface area contributed by atoms with Crippen LogP contribution >= 0.6 is 0 Å². The fourth-order valence-electron chi connectivity index (χ4n) is 3.79. The van der Waals surface area contributed by atoms with Gasteiger partial charge in [-0.15, -0.1) is 0 Å². The molecule has 4 N–H and O–H groups in total. The maximum atomic E-state index is 12.5. The summed E-state index contributed by atoms with van der Waals surface area (Å²) in [6, 6.07) is 8.22. The normalized spacial score (nSPS) is 19.5. The van der Waals surface area contributed by atoms with Gasteiger partial charge in [-0.2, -0.15) is 0 Å². The van der Waals surface area contributed by atoms with E-state index in [1.807, 2.05) is 23.2 Å². The zero-order valence-corrected chi connectivity index (χ0v) is 13.7. The second kappa shape index (κ2) is 5.85. The highest BCUT2D eigenvalue weighted by Crippen LogP contribution is 2.26. The Balaban J connectivity index is 1.33. The smallest absolute Gasteiger partial charge is 0.222 e. The Morgan fingerprint density at radius 2 is 2.08 bits per heavy atom. The maximum absolute atomic E-state index is 12.5. The van der Waals surface area contributed by atoms with Crippen LogP contribution in [-0.2, 0) is 11.2 Å². The molecule has 6 nitrogen and oxygen atoms in total. The minimum absolute atomic E-state index is 0.0162. The molecule has 3 heterocycles. The van der Waals surface area contributed by atoms with Gasteiger partial charge in [-0.1, -0.05) is 18.2 Å². The van der Waals surface area contributed by atoms with Crippen molar-refractivity contribution >= 4 is 22.8 Å². The molecule has 24 heavy (non-hydrogen) atoms. The number of nitrogens with zero attached hydrogens (tertiary/aromatic N) is 2.